The van der Waals surface area contributed by atoms with Crippen LogP contribution in [0.5, 0.6) is 0 Å². The minimum atomic E-state index is -0.426. The fourth-order valence-electron chi connectivity index (χ4n) is 4.34. The topological polar surface area (TPSA) is 109 Å². The standard InChI is InChI=1S/C27H28N4O4/c1-17-23(16-29-25(32)13-12-18-15-28-21-9-4-2-7-19(18)21)31-27(35-17)20-8-3-5-10-22(20)30-26(33)24-11-6-14-34-24/h2-5,7-10,15,24,28H,6,11-14,16H2,1H3,(H,29,32)(H,30,33). The molecule has 0 radical (unpaired) electrons. The number of benzene rings is 2. The van der Waals surface area contributed by atoms with Crippen molar-refractivity contribution in [1.29, 1.82) is 0 Å². The van der Waals surface area contributed by atoms with Crippen LogP contribution in [0.15, 0.2) is 59.1 Å². The number of ether oxygens (including phenoxy) is 1. The summed E-state index contributed by atoms with van der Waals surface area (Å²) in [6.07, 6.45) is 4.16. The highest BCUT2D eigenvalue weighted by Gasteiger charge is 2.25. The zero-order valence-electron chi connectivity index (χ0n) is 19.6. The molecule has 0 spiro atoms. The average Bonchev–Trinajstić information content (AvgIpc) is 3.62. The van der Waals surface area contributed by atoms with E-state index in [-0.39, 0.29) is 18.4 Å². The first-order chi connectivity index (χ1) is 17.1. The van der Waals surface area contributed by atoms with Crippen molar-refractivity contribution in [3.63, 3.8) is 0 Å². The number of carbonyl (C=O) groups is 2. The molecule has 1 unspecified atom stereocenters. The summed E-state index contributed by atoms with van der Waals surface area (Å²) >= 11 is 0. The van der Waals surface area contributed by atoms with E-state index in [9.17, 15) is 9.59 Å². The maximum Gasteiger partial charge on any atom is 0.253 e. The Bertz CT molecular complexity index is 1350. The van der Waals surface area contributed by atoms with Gasteiger partial charge in [-0.05, 0) is 49.9 Å². The Morgan fingerprint density at radius 2 is 1.97 bits per heavy atom. The first-order valence-corrected chi connectivity index (χ1v) is 11.9. The van der Waals surface area contributed by atoms with Crippen molar-refractivity contribution in [3.05, 3.63) is 71.7 Å². The second-order valence-corrected chi connectivity index (χ2v) is 8.69. The zero-order chi connectivity index (χ0) is 24.2. The maximum absolute atomic E-state index is 12.5. The zero-order valence-corrected chi connectivity index (χ0v) is 19.6. The van der Waals surface area contributed by atoms with Crippen LogP contribution in [-0.4, -0.2) is 34.5 Å². The van der Waals surface area contributed by atoms with Crippen molar-refractivity contribution >= 4 is 28.4 Å². The number of H-pyrrole nitrogens is 1. The number of aromatic nitrogens is 2. The first kappa shape index (κ1) is 22.9. The van der Waals surface area contributed by atoms with Crippen molar-refractivity contribution in [2.24, 2.45) is 0 Å². The van der Waals surface area contributed by atoms with Crippen LogP contribution in [-0.2, 0) is 27.3 Å². The number of hydrogen-bond acceptors (Lipinski definition) is 5. The molecule has 8 heteroatoms. The molecule has 180 valence electrons. The summed E-state index contributed by atoms with van der Waals surface area (Å²) < 4.78 is 11.4. The molecule has 2 aromatic carbocycles. The van der Waals surface area contributed by atoms with E-state index in [0.717, 1.165) is 29.3 Å². The lowest BCUT2D eigenvalue weighted by molar-refractivity contribution is -0.124. The van der Waals surface area contributed by atoms with Crippen LogP contribution in [0.1, 0.15) is 36.3 Å². The molecule has 1 aliphatic rings. The molecule has 1 aliphatic heterocycles. The monoisotopic (exact) mass is 472 g/mol. The van der Waals surface area contributed by atoms with E-state index < -0.39 is 6.10 Å². The van der Waals surface area contributed by atoms with Gasteiger partial charge in [-0.2, -0.15) is 0 Å². The van der Waals surface area contributed by atoms with E-state index in [1.54, 1.807) is 0 Å². The highest BCUT2D eigenvalue weighted by atomic mass is 16.5. The highest BCUT2D eigenvalue weighted by molar-refractivity contribution is 5.97. The minimum Gasteiger partial charge on any atom is -0.441 e. The molecule has 4 aromatic rings. The van der Waals surface area contributed by atoms with E-state index in [0.29, 0.717) is 48.0 Å². The van der Waals surface area contributed by atoms with Crippen LogP contribution in [0.25, 0.3) is 22.4 Å². The molecular formula is C27H28N4O4. The molecule has 0 bridgehead atoms. The molecule has 1 fully saturated rings. The van der Waals surface area contributed by atoms with Crippen molar-refractivity contribution in [1.82, 2.24) is 15.3 Å². The third-order valence-electron chi connectivity index (χ3n) is 6.28. The molecule has 1 saturated heterocycles. The van der Waals surface area contributed by atoms with E-state index in [1.807, 2.05) is 55.6 Å². The Morgan fingerprint density at radius 1 is 1.14 bits per heavy atom. The van der Waals surface area contributed by atoms with Gasteiger partial charge in [-0.3, -0.25) is 9.59 Å². The Kier molecular flexibility index (Phi) is 6.63. The second kappa shape index (κ2) is 10.1. The number of nitrogens with one attached hydrogen (secondary N) is 3. The SMILES string of the molecule is Cc1oc(-c2ccccc2NC(=O)C2CCCO2)nc1CNC(=O)CCc1c[nH]c2ccccc12. The number of amides is 2. The Morgan fingerprint density at radius 3 is 2.83 bits per heavy atom. The summed E-state index contributed by atoms with van der Waals surface area (Å²) in [5.41, 5.74) is 4.14. The van der Waals surface area contributed by atoms with Gasteiger partial charge in [0.15, 0.2) is 0 Å². The summed E-state index contributed by atoms with van der Waals surface area (Å²) in [5, 5.41) is 7.02. The average molecular weight is 473 g/mol. The van der Waals surface area contributed by atoms with Crippen LogP contribution in [0, 0.1) is 6.92 Å². The summed E-state index contributed by atoms with van der Waals surface area (Å²) in [7, 11) is 0. The Labute approximate surface area is 203 Å². The number of carbonyl (C=O) groups excluding carboxylic acids is 2. The largest absolute Gasteiger partial charge is 0.441 e. The molecule has 2 aromatic heterocycles. The second-order valence-electron chi connectivity index (χ2n) is 8.69. The normalized spacial score (nSPS) is 15.4. The Hall–Kier alpha value is -3.91. The molecule has 3 N–H and O–H groups in total. The van der Waals surface area contributed by atoms with Crippen molar-refractivity contribution in [3.8, 4) is 11.5 Å². The van der Waals surface area contributed by atoms with Gasteiger partial charge in [-0.15, -0.1) is 0 Å². The van der Waals surface area contributed by atoms with Gasteiger partial charge in [0.2, 0.25) is 11.8 Å². The van der Waals surface area contributed by atoms with Crippen LogP contribution in [0.2, 0.25) is 0 Å². The summed E-state index contributed by atoms with van der Waals surface area (Å²) in [6.45, 7) is 2.69. The third-order valence-corrected chi connectivity index (χ3v) is 6.28. The lowest BCUT2D eigenvalue weighted by Gasteiger charge is -2.12. The van der Waals surface area contributed by atoms with Gasteiger partial charge >= 0.3 is 0 Å². The molecule has 8 nitrogen and oxygen atoms in total. The molecule has 35 heavy (non-hydrogen) atoms. The predicted octanol–water partition coefficient (Wildman–Crippen LogP) is 4.50. The fraction of sp³-hybridized carbons (Fsp3) is 0.296. The number of para-hydroxylation sites is 2. The maximum atomic E-state index is 12.5. The molecular weight excluding hydrogens is 444 g/mol. The molecule has 0 aliphatic carbocycles. The molecule has 2 amide bonds. The number of nitrogens with zero attached hydrogens (tertiary/aromatic N) is 1. The van der Waals surface area contributed by atoms with Gasteiger partial charge in [-0.25, -0.2) is 4.98 Å². The van der Waals surface area contributed by atoms with Crippen LogP contribution < -0.4 is 10.6 Å². The van der Waals surface area contributed by atoms with Crippen molar-refractivity contribution in [2.45, 2.75) is 45.3 Å². The highest BCUT2D eigenvalue weighted by Crippen LogP contribution is 2.29. The minimum absolute atomic E-state index is 0.0524. The molecule has 5 rings (SSSR count). The van der Waals surface area contributed by atoms with E-state index in [1.165, 1.54) is 0 Å². The molecule has 0 saturated carbocycles. The first-order valence-electron chi connectivity index (χ1n) is 11.9. The number of rotatable bonds is 8. The lowest BCUT2D eigenvalue weighted by atomic mass is 10.1. The Balaban J connectivity index is 1.21. The quantitative estimate of drug-likeness (QED) is 0.350. The van der Waals surface area contributed by atoms with Crippen LogP contribution in [0.3, 0.4) is 0 Å². The van der Waals surface area contributed by atoms with Crippen LogP contribution in [0.4, 0.5) is 5.69 Å². The summed E-state index contributed by atoms with van der Waals surface area (Å²) in [4.78, 5) is 32.9. The van der Waals surface area contributed by atoms with Gasteiger partial charge in [-0.1, -0.05) is 30.3 Å². The lowest BCUT2D eigenvalue weighted by Crippen LogP contribution is -2.27. The van der Waals surface area contributed by atoms with E-state index >= 15 is 0 Å². The smallest absolute Gasteiger partial charge is 0.253 e. The molecule has 3 heterocycles. The van der Waals surface area contributed by atoms with E-state index in [2.05, 4.69) is 26.7 Å². The van der Waals surface area contributed by atoms with Crippen LogP contribution >= 0.6 is 0 Å². The van der Waals surface area contributed by atoms with Gasteiger partial charge in [0, 0.05) is 30.1 Å². The van der Waals surface area contributed by atoms with E-state index in [4.69, 9.17) is 9.15 Å². The fourth-order valence-corrected chi connectivity index (χ4v) is 4.34. The van der Waals surface area contributed by atoms with Crippen molar-refractivity contribution < 1.29 is 18.7 Å². The number of hydrogen-bond donors (Lipinski definition) is 3. The van der Waals surface area contributed by atoms with Gasteiger partial charge in [0.25, 0.3) is 5.91 Å². The number of oxazole rings is 1. The van der Waals surface area contributed by atoms with Gasteiger partial charge in [0.05, 0.1) is 17.8 Å². The van der Waals surface area contributed by atoms with Gasteiger partial charge in [0.1, 0.15) is 17.6 Å². The van der Waals surface area contributed by atoms with Crippen molar-refractivity contribution in [2.75, 3.05) is 11.9 Å². The number of aromatic amines is 1. The summed E-state index contributed by atoms with van der Waals surface area (Å²) in [5.74, 6) is 0.801. The third kappa shape index (κ3) is 5.12. The summed E-state index contributed by atoms with van der Waals surface area (Å²) in [6, 6.07) is 15.4. The number of anilines is 1. The molecule has 1 atom stereocenters. The number of fused-ring (bicyclic) bond motifs is 1. The van der Waals surface area contributed by atoms with Gasteiger partial charge < -0.3 is 24.8 Å². The number of aryl methyl sites for hydroxylation is 2. The predicted molar refractivity (Wildman–Crippen MR) is 133 cm³/mol.